The highest BCUT2D eigenvalue weighted by Gasteiger charge is 2.19. The van der Waals surface area contributed by atoms with Crippen LogP contribution < -0.4 is 4.72 Å². The second-order valence-electron chi connectivity index (χ2n) is 4.33. The minimum Gasteiger partial charge on any atom is -0.380 e. The van der Waals surface area contributed by atoms with Gasteiger partial charge in [0.1, 0.15) is 0 Å². The van der Waals surface area contributed by atoms with Crippen LogP contribution in [0.25, 0.3) is 0 Å². The van der Waals surface area contributed by atoms with Crippen molar-refractivity contribution in [3.63, 3.8) is 0 Å². The molecule has 0 aliphatic heterocycles. The summed E-state index contributed by atoms with van der Waals surface area (Å²) >= 11 is 5.76. The number of aryl methyl sites for hydroxylation is 1. The molecule has 0 fully saturated rings. The Labute approximate surface area is 120 Å². The van der Waals surface area contributed by atoms with Crippen LogP contribution in [0.5, 0.6) is 0 Å². The number of benzene rings is 1. The van der Waals surface area contributed by atoms with E-state index in [0.29, 0.717) is 17.2 Å². The van der Waals surface area contributed by atoms with Crippen molar-refractivity contribution >= 4 is 21.6 Å². The molecule has 0 aliphatic rings. The Balaban J connectivity index is 3.05. The van der Waals surface area contributed by atoms with E-state index in [2.05, 4.69) is 4.72 Å². The van der Waals surface area contributed by atoms with Crippen LogP contribution in [0.1, 0.15) is 25.0 Å². The third-order valence-electron chi connectivity index (χ3n) is 2.92. The maximum atomic E-state index is 12.3. The predicted octanol–water partition coefficient (Wildman–Crippen LogP) is 2.30. The van der Waals surface area contributed by atoms with Gasteiger partial charge in [0.15, 0.2) is 0 Å². The van der Waals surface area contributed by atoms with Crippen LogP contribution >= 0.6 is 11.6 Å². The van der Waals surface area contributed by atoms with Crippen LogP contribution in [0.4, 0.5) is 0 Å². The van der Waals surface area contributed by atoms with Gasteiger partial charge in [0, 0.05) is 19.5 Å². The molecular weight excluding hydrogens is 286 g/mol. The number of alkyl halides is 1. The first-order chi connectivity index (χ1) is 8.94. The molecule has 1 rings (SSSR count). The van der Waals surface area contributed by atoms with E-state index < -0.39 is 10.0 Å². The topological polar surface area (TPSA) is 55.4 Å². The zero-order chi connectivity index (χ0) is 14.5. The van der Waals surface area contributed by atoms with Gasteiger partial charge in [0.05, 0.1) is 11.0 Å². The maximum absolute atomic E-state index is 12.3. The van der Waals surface area contributed by atoms with Gasteiger partial charge in [0.2, 0.25) is 10.0 Å². The van der Waals surface area contributed by atoms with Gasteiger partial charge in [-0.05, 0) is 30.5 Å². The van der Waals surface area contributed by atoms with Gasteiger partial charge in [-0.15, -0.1) is 11.6 Å². The summed E-state index contributed by atoms with van der Waals surface area (Å²) in [4.78, 5) is 0.302. The monoisotopic (exact) mass is 305 g/mol. The number of rotatable bonds is 7. The van der Waals surface area contributed by atoms with Crippen molar-refractivity contribution in [3.05, 3.63) is 29.3 Å². The summed E-state index contributed by atoms with van der Waals surface area (Å²) in [6, 6.07) is 5.29. The zero-order valence-electron chi connectivity index (χ0n) is 11.4. The molecular formula is C13H20ClNO3S. The highest BCUT2D eigenvalue weighted by atomic mass is 35.5. The fraction of sp³-hybridized carbons (Fsp3) is 0.538. The van der Waals surface area contributed by atoms with Crippen molar-refractivity contribution < 1.29 is 13.2 Å². The number of methoxy groups -OCH3 is 1. The van der Waals surface area contributed by atoms with E-state index >= 15 is 0 Å². The lowest BCUT2D eigenvalue weighted by molar-refractivity contribution is 0.122. The van der Waals surface area contributed by atoms with Crippen molar-refractivity contribution in [2.24, 2.45) is 0 Å². The van der Waals surface area contributed by atoms with Crippen LogP contribution in [-0.4, -0.2) is 28.2 Å². The van der Waals surface area contributed by atoms with Gasteiger partial charge in [-0.2, -0.15) is 0 Å². The lowest BCUT2D eigenvalue weighted by Crippen LogP contribution is -2.32. The lowest BCUT2D eigenvalue weighted by Gasteiger charge is -2.14. The molecule has 0 heterocycles. The minimum absolute atomic E-state index is 0.170. The zero-order valence-corrected chi connectivity index (χ0v) is 13.0. The summed E-state index contributed by atoms with van der Waals surface area (Å²) in [5, 5.41) is 0. The summed E-state index contributed by atoms with van der Waals surface area (Å²) in [5.74, 6) is 0.293. The van der Waals surface area contributed by atoms with Gasteiger partial charge in [0.25, 0.3) is 0 Å². The van der Waals surface area contributed by atoms with Crippen LogP contribution in [-0.2, 0) is 27.1 Å². The van der Waals surface area contributed by atoms with Crippen LogP contribution in [0, 0.1) is 0 Å². The summed E-state index contributed by atoms with van der Waals surface area (Å²) in [6.07, 6.45) is 0.481. The molecule has 6 heteroatoms. The largest absolute Gasteiger partial charge is 0.380 e. The third kappa shape index (κ3) is 4.45. The fourth-order valence-corrected chi connectivity index (χ4v) is 3.25. The van der Waals surface area contributed by atoms with Crippen molar-refractivity contribution in [1.82, 2.24) is 4.72 Å². The molecule has 0 saturated heterocycles. The molecule has 19 heavy (non-hydrogen) atoms. The fourth-order valence-electron chi connectivity index (χ4n) is 1.61. The Kier molecular flexibility index (Phi) is 6.26. The number of ether oxygens (including phenoxy) is 1. The smallest absolute Gasteiger partial charge is 0.240 e. The average molecular weight is 306 g/mol. The summed E-state index contributed by atoms with van der Waals surface area (Å²) in [5.41, 5.74) is 1.57. The first-order valence-corrected chi connectivity index (χ1v) is 8.16. The molecule has 1 unspecified atom stereocenters. The van der Waals surface area contributed by atoms with Crippen molar-refractivity contribution in [2.45, 2.75) is 37.1 Å². The molecule has 0 aliphatic carbocycles. The van der Waals surface area contributed by atoms with Crippen molar-refractivity contribution in [2.75, 3.05) is 13.7 Å². The average Bonchev–Trinajstić information content (AvgIpc) is 2.43. The number of hydrogen-bond donors (Lipinski definition) is 1. The molecule has 0 bridgehead atoms. The number of nitrogens with one attached hydrogen (secondary N) is 1. The molecule has 108 valence electrons. The molecule has 0 radical (unpaired) electrons. The standard InChI is InChI=1S/C13H20ClNO3S/c1-4-12-6-5-11(8-14)7-13(12)19(16,17)15-9-10(2)18-3/h5-7,10,15H,4,8-9H2,1-3H3. The summed E-state index contributed by atoms with van der Waals surface area (Å²) in [6.45, 7) is 3.97. The van der Waals surface area contributed by atoms with E-state index in [9.17, 15) is 8.42 Å². The molecule has 1 N–H and O–H groups in total. The van der Waals surface area contributed by atoms with Crippen LogP contribution in [0.3, 0.4) is 0 Å². The first kappa shape index (κ1) is 16.4. The van der Waals surface area contributed by atoms with Crippen molar-refractivity contribution in [1.29, 1.82) is 0 Å². The number of sulfonamides is 1. The summed E-state index contributed by atoms with van der Waals surface area (Å²) < 4.78 is 32.2. The molecule has 1 aromatic rings. The first-order valence-electron chi connectivity index (χ1n) is 6.14. The number of halogens is 1. The predicted molar refractivity (Wildman–Crippen MR) is 77.0 cm³/mol. The van der Waals surface area contributed by atoms with Crippen LogP contribution in [0.2, 0.25) is 0 Å². The Morgan fingerprint density at radius 3 is 2.63 bits per heavy atom. The van der Waals surface area contributed by atoms with Gasteiger partial charge in [-0.3, -0.25) is 0 Å². The third-order valence-corrected chi connectivity index (χ3v) is 4.73. The van der Waals surface area contributed by atoms with E-state index in [0.717, 1.165) is 11.1 Å². The second kappa shape index (κ2) is 7.24. The van der Waals surface area contributed by atoms with E-state index in [1.54, 1.807) is 20.1 Å². The summed E-state index contributed by atoms with van der Waals surface area (Å²) in [7, 11) is -1.98. The molecule has 0 spiro atoms. The quantitative estimate of drug-likeness (QED) is 0.787. The molecule has 4 nitrogen and oxygen atoms in total. The maximum Gasteiger partial charge on any atom is 0.240 e. The van der Waals surface area contributed by atoms with Gasteiger partial charge >= 0.3 is 0 Å². The van der Waals surface area contributed by atoms with Gasteiger partial charge < -0.3 is 4.74 Å². The molecule has 0 amide bonds. The minimum atomic E-state index is -3.53. The highest BCUT2D eigenvalue weighted by Crippen LogP contribution is 2.19. The normalized spacial score (nSPS) is 13.5. The van der Waals surface area contributed by atoms with E-state index in [-0.39, 0.29) is 12.6 Å². The second-order valence-corrected chi connectivity index (χ2v) is 6.33. The van der Waals surface area contributed by atoms with Gasteiger partial charge in [-0.25, -0.2) is 13.1 Å². The highest BCUT2D eigenvalue weighted by molar-refractivity contribution is 7.89. The lowest BCUT2D eigenvalue weighted by atomic mass is 10.1. The van der Waals surface area contributed by atoms with Crippen molar-refractivity contribution in [3.8, 4) is 0 Å². The Morgan fingerprint density at radius 1 is 1.42 bits per heavy atom. The van der Waals surface area contributed by atoms with Gasteiger partial charge in [-0.1, -0.05) is 19.1 Å². The molecule has 1 aromatic carbocycles. The Morgan fingerprint density at radius 2 is 2.11 bits per heavy atom. The Hall–Kier alpha value is -0.620. The number of hydrogen-bond acceptors (Lipinski definition) is 3. The van der Waals surface area contributed by atoms with Crippen LogP contribution in [0.15, 0.2) is 23.1 Å². The Bertz CT molecular complexity index is 517. The SMILES string of the molecule is CCc1ccc(CCl)cc1S(=O)(=O)NCC(C)OC. The molecule has 0 saturated carbocycles. The van der Waals surface area contributed by atoms with E-state index in [4.69, 9.17) is 16.3 Å². The van der Waals surface area contributed by atoms with E-state index in [1.807, 2.05) is 19.1 Å². The molecule has 1 atom stereocenters. The molecule has 0 aromatic heterocycles. The van der Waals surface area contributed by atoms with E-state index in [1.165, 1.54) is 0 Å².